The second-order valence-electron chi connectivity index (χ2n) is 7.16. The van der Waals surface area contributed by atoms with E-state index in [4.69, 9.17) is 16.3 Å². The van der Waals surface area contributed by atoms with Crippen molar-refractivity contribution in [1.82, 2.24) is 0 Å². The molecule has 1 fully saturated rings. The van der Waals surface area contributed by atoms with Crippen LogP contribution in [0.1, 0.15) is 32.8 Å². The first-order valence-corrected chi connectivity index (χ1v) is 8.02. The topological polar surface area (TPSA) is 26.3 Å². The Morgan fingerprint density at radius 1 is 1.27 bits per heavy atom. The quantitative estimate of drug-likeness (QED) is 0.751. The van der Waals surface area contributed by atoms with E-state index in [0.29, 0.717) is 13.0 Å². The van der Waals surface area contributed by atoms with Gasteiger partial charge in [0.05, 0.1) is 12.2 Å². The molecule has 1 aromatic rings. The first kappa shape index (κ1) is 15.5. The first-order chi connectivity index (χ1) is 10.3. The third-order valence-corrected chi connectivity index (χ3v) is 5.01. The summed E-state index contributed by atoms with van der Waals surface area (Å²) < 4.78 is 6.23. The van der Waals surface area contributed by atoms with Gasteiger partial charge in [-0.3, -0.25) is 4.79 Å². The van der Waals surface area contributed by atoms with Crippen molar-refractivity contribution in [2.75, 3.05) is 6.61 Å². The van der Waals surface area contributed by atoms with E-state index in [0.717, 1.165) is 10.6 Å². The molecule has 2 atom stereocenters. The van der Waals surface area contributed by atoms with Crippen LogP contribution in [0, 0.1) is 11.3 Å². The van der Waals surface area contributed by atoms with Crippen molar-refractivity contribution in [3.63, 3.8) is 0 Å². The van der Waals surface area contributed by atoms with E-state index in [1.807, 2.05) is 30.3 Å². The standard InChI is InChI=1S/C19H21ClO2/c1-18(2,3)19-9-8-16(21)11-17(19)14(12-22-19)10-13-4-6-15(20)7-5-13/h4-10,17H,11-12H2,1-3H3/b14-10-/t17-,19-/m1/s1. The van der Waals surface area contributed by atoms with Crippen molar-refractivity contribution in [2.24, 2.45) is 11.3 Å². The molecule has 1 aromatic carbocycles. The van der Waals surface area contributed by atoms with Gasteiger partial charge in [-0.15, -0.1) is 0 Å². The number of carbonyl (C=O) groups excluding carboxylic acids is 1. The molecule has 0 unspecified atom stereocenters. The Balaban J connectivity index is 2.01. The molecule has 3 rings (SSSR count). The molecule has 1 heterocycles. The summed E-state index contributed by atoms with van der Waals surface area (Å²) in [5.41, 5.74) is 1.83. The predicted molar refractivity (Wildman–Crippen MR) is 89.8 cm³/mol. The zero-order valence-corrected chi connectivity index (χ0v) is 14.0. The molecule has 0 radical (unpaired) electrons. The summed E-state index contributed by atoms with van der Waals surface area (Å²) in [7, 11) is 0. The summed E-state index contributed by atoms with van der Waals surface area (Å²) in [6.07, 6.45) is 6.33. The smallest absolute Gasteiger partial charge is 0.156 e. The fourth-order valence-electron chi connectivity index (χ4n) is 3.52. The van der Waals surface area contributed by atoms with E-state index in [9.17, 15) is 4.79 Å². The Bertz CT molecular complexity index is 649. The maximum absolute atomic E-state index is 11.9. The average Bonchev–Trinajstić information content (AvgIpc) is 2.81. The molecule has 3 heteroatoms. The van der Waals surface area contributed by atoms with Crippen LogP contribution in [0.25, 0.3) is 6.08 Å². The number of fused-ring (bicyclic) bond motifs is 1. The number of benzene rings is 1. The van der Waals surface area contributed by atoms with Crippen LogP contribution in [0.5, 0.6) is 0 Å². The Hall–Kier alpha value is -1.38. The third kappa shape index (κ3) is 2.55. The van der Waals surface area contributed by atoms with E-state index < -0.39 is 0 Å². The highest BCUT2D eigenvalue weighted by molar-refractivity contribution is 6.30. The Labute approximate surface area is 136 Å². The molecule has 1 aliphatic heterocycles. The molecule has 0 aromatic heterocycles. The summed E-state index contributed by atoms with van der Waals surface area (Å²) in [6, 6.07) is 7.75. The lowest BCUT2D eigenvalue weighted by Gasteiger charge is -2.44. The molecule has 1 aliphatic carbocycles. The number of hydrogen-bond acceptors (Lipinski definition) is 2. The first-order valence-electron chi connectivity index (χ1n) is 7.64. The number of ketones is 1. The van der Waals surface area contributed by atoms with Gasteiger partial charge in [-0.05, 0) is 40.8 Å². The van der Waals surface area contributed by atoms with Gasteiger partial charge in [-0.1, -0.05) is 50.6 Å². The lowest BCUT2D eigenvalue weighted by molar-refractivity contribution is -0.120. The average molecular weight is 317 g/mol. The molecule has 0 N–H and O–H groups in total. The SMILES string of the molecule is CC(C)(C)[C@@]12C=CC(=O)C[C@@H]1/C(=C\c1ccc(Cl)cc1)CO2. The van der Waals surface area contributed by atoms with E-state index in [1.54, 1.807) is 6.08 Å². The summed E-state index contributed by atoms with van der Waals surface area (Å²) in [5, 5.41) is 0.727. The van der Waals surface area contributed by atoms with Crippen LogP contribution in [-0.4, -0.2) is 18.0 Å². The number of allylic oxidation sites excluding steroid dienone is 1. The molecule has 0 saturated carbocycles. The monoisotopic (exact) mass is 316 g/mol. The Kier molecular flexibility index (Phi) is 3.78. The molecule has 2 nitrogen and oxygen atoms in total. The van der Waals surface area contributed by atoms with Gasteiger partial charge in [0.15, 0.2) is 5.78 Å². The van der Waals surface area contributed by atoms with E-state index in [2.05, 4.69) is 26.8 Å². The van der Waals surface area contributed by atoms with Crippen molar-refractivity contribution in [3.8, 4) is 0 Å². The van der Waals surface area contributed by atoms with Crippen LogP contribution >= 0.6 is 11.6 Å². The normalized spacial score (nSPS) is 29.9. The van der Waals surface area contributed by atoms with Gasteiger partial charge in [0.25, 0.3) is 0 Å². The molecule has 0 bridgehead atoms. The summed E-state index contributed by atoms with van der Waals surface area (Å²) in [4.78, 5) is 11.9. The molecular weight excluding hydrogens is 296 g/mol. The van der Waals surface area contributed by atoms with Gasteiger partial charge >= 0.3 is 0 Å². The highest BCUT2D eigenvalue weighted by Crippen LogP contribution is 2.52. The van der Waals surface area contributed by atoms with Crippen LogP contribution < -0.4 is 0 Å². The number of carbonyl (C=O) groups is 1. The minimum Gasteiger partial charge on any atom is -0.365 e. The zero-order chi connectivity index (χ0) is 16.0. The Morgan fingerprint density at radius 2 is 1.95 bits per heavy atom. The van der Waals surface area contributed by atoms with Crippen molar-refractivity contribution < 1.29 is 9.53 Å². The highest BCUT2D eigenvalue weighted by atomic mass is 35.5. The van der Waals surface area contributed by atoms with Crippen LogP contribution in [0.3, 0.4) is 0 Å². The molecule has 22 heavy (non-hydrogen) atoms. The fourth-order valence-corrected chi connectivity index (χ4v) is 3.64. The predicted octanol–water partition coefficient (Wildman–Crippen LogP) is 4.68. The lowest BCUT2D eigenvalue weighted by atomic mass is 9.64. The number of rotatable bonds is 1. The van der Waals surface area contributed by atoms with E-state index in [-0.39, 0.29) is 22.7 Å². The van der Waals surface area contributed by atoms with Gasteiger partial charge in [0, 0.05) is 17.4 Å². The third-order valence-electron chi connectivity index (χ3n) is 4.76. The maximum atomic E-state index is 11.9. The van der Waals surface area contributed by atoms with Crippen molar-refractivity contribution in [2.45, 2.75) is 32.8 Å². The second-order valence-corrected chi connectivity index (χ2v) is 7.60. The van der Waals surface area contributed by atoms with E-state index in [1.165, 1.54) is 5.57 Å². The highest BCUT2D eigenvalue weighted by Gasteiger charge is 2.54. The van der Waals surface area contributed by atoms with Gasteiger partial charge < -0.3 is 4.74 Å². The number of ether oxygens (including phenoxy) is 1. The van der Waals surface area contributed by atoms with E-state index >= 15 is 0 Å². The number of hydrogen-bond donors (Lipinski definition) is 0. The molecule has 0 amide bonds. The molecular formula is C19H21ClO2. The van der Waals surface area contributed by atoms with Crippen LogP contribution in [0.4, 0.5) is 0 Å². The zero-order valence-electron chi connectivity index (χ0n) is 13.2. The van der Waals surface area contributed by atoms with Crippen molar-refractivity contribution in [1.29, 1.82) is 0 Å². The molecule has 0 spiro atoms. The lowest BCUT2D eigenvalue weighted by Crippen LogP contribution is -2.48. The van der Waals surface area contributed by atoms with Crippen LogP contribution in [0.15, 0.2) is 42.0 Å². The van der Waals surface area contributed by atoms with Crippen LogP contribution in [0.2, 0.25) is 5.02 Å². The van der Waals surface area contributed by atoms with Gasteiger partial charge in [-0.2, -0.15) is 0 Å². The van der Waals surface area contributed by atoms with Gasteiger partial charge in [0.2, 0.25) is 0 Å². The minimum atomic E-state index is -0.390. The summed E-state index contributed by atoms with van der Waals surface area (Å²) in [6.45, 7) is 7.09. The van der Waals surface area contributed by atoms with Gasteiger partial charge in [0.1, 0.15) is 0 Å². The fraction of sp³-hybridized carbons (Fsp3) is 0.421. The summed E-state index contributed by atoms with van der Waals surface area (Å²) >= 11 is 5.94. The minimum absolute atomic E-state index is 0.0650. The van der Waals surface area contributed by atoms with Crippen molar-refractivity contribution >= 4 is 23.5 Å². The number of halogens is 1. The second kappa shape index (κ2) is 5.36. The summed E-state index contributed by atoms with van der Waals surface area (Å²) in [5.74, 6) is 0.290. The van der Waals surface area contributed by atoms with Gasteiger partial charge in [-0.25, -0.2) is 0 Å². The molecule has 2 aliphatic rings. The van der Waals surface area contributed by atoms with Crippen molar-refractivity contribution in [3.05, 3.63) is 52.6 Å². The molecule has 1 saturated heterocycles. The van der Waals surface area contributed by atoms with Crippen LogP contribution in [-0.2, 0) is 9.53 Å². The molecule has 116 valence electrons. The Morgan fingerprint density at radius 3 is 2.59 bits per heavy atom. The largest absolute Gasteiger partial charge is 0.365 e. The maximum Gasteiger partial charge on any atom is 0.156 e.